The molecule has 0 aliphatic heterocycles. The second kappa shape index (κ2) is 5.91. The molecule has 1 amide bonds. The summed E-state index contributed by atoms with van der Waals surface area (Å²) in [5, 5.41) is 4.29. The number of hydrogen-bond acceptors (Lipinski definition) is 1. The Hall–Kier alpha value is -1.77. The van der Waals surface area contributed by atoms with Crippen molar-refractivity contribution in [3.05, 3.63) is 36.0 Å². The molecule has 0 saturated heterocycles. The van der Waals surface area contributed by atoms with Crippen LogP contribution in [-0.2, 0) is 11.3 Å². The lowest BCUT2D eigenvalue weighted by Gasteiger charge is -2.15. The highest BCUT2D eigenvalue weighted by molar-refractivity contribution is 5.85. The Bertz CT molecular complexity index is 567. The summed E-state index contributed by atoms with van der Waals surface area (Å²) < 4.78 is 2.01. The van der Waals surface area contributed by atoms with E-state index in [-0.39, 0.29) is 11.9 Å². The molecule has 0 bridgehead atoms. The molecule has 19 heavy (non-hydrogen) atoms. The van der Waals surface area contributed by atoms with Gasteiger partial charge in [-0.25, -0.2) is 0 Å². The van der Waals surface area contributed by atoms with Crippen molar-refractivity contribution in [3.8, 4) is 0 Å². The molecule has 1 aromatic heterocycles. The van der Waals surface area contributed by atoms with Crippen LogP contribution in [0.2, 0.25) is 0 Å². The van der Waals surface area contributed by atoms with Gasteiger partial charge in [0.15, 0.2) is 0 Å². The van der Waals surface area contributed by atoms with E-state index in [1.807, 2.05) is 16.8 Å². The minimum absolute atomic E-state index is 0.0905. The van der Waals surface area contributed by atoms with E-state index in [1.54, 1.807) is 0 Å². The zero-order valence-electron chi connectivity index (χ0n) is 11.9. The number of carbonyl (C=O) groups is 1. The summed E-state index contributed by atoms with van der Waals surface area (Å²) in [6.07, 6.45) is 3.95. The lowest BCUT2D eigenvalue weighted by molar-refractivity contribution is -0.122. The molecule has 0 spiro atoms. The summed E-state index contributed by atoms with van der Waals surface area (Å²) in [5.74, 6) is 0.0905. The smallest absolute Gasteiger partial charge is 0.240 e. The molecule has 1 N–H and O–H groups in total. The van der Waals surface area contributed by atoms with Crippen LogP contribution in [0.15, 0.2) is 30.5 Å². The molecular weight excluding hydrogens is 236 g/mol. The van der Waals surface area contributed by atoms with Gasteiger partial charge in [0.25, 0.3) is 0 Å². The maximum absolute atomic E-state index is 12.0. The van der Waals surface area contributed by atoms with Crippen molar-refractivity contribution in [2.75, 3.05) is 0 Å². The maximum atomic E-state index is 12.0. The molecule has 3 nitrogen and oxygen atoms in total. The van der Waals surface area contributed by atoms with E-state index in [2.05, 4.69) is 44.3 Å². The van der Waals surface area contributed by atoms with Gasteiger partial charge in [-0.1, -0.05) is 26.0 Å². The van der Waals surface area contributed by atoms with Gasteiger partial charge in [0.05, 0.1) is 0 Å². The van der Waals surface area contributed by atoms with E-state index in [0.29, 0.717) is 6.54 Å². The van der Waals surface area contributed by atoms with E-state index in [0.717, 1.165) is 18.4 Å². The van der Waals surface area contributed by atoms with E-state index in [9.17, 15) is 4.79 Å². The summed E-state index contributed by atoms with van der Waals surface area (Å²) in [7, 11) is 0. The number of aryl methyl sites for hydroxylation is 1. The fourth-order valence-electron chi connectivity index (χ4n) is 2.44. The molecule has 2 aromatic rings. The molecule has 0 fully saturated rings. The van der Waals surface area contributed by atoms with Gasteiger partial charge in [-0.15, -0.1) is 0 Å². The summed E-state index contributed by atoms with van der Waals surface area (Å²) in [5.41, 5.74) is 2.37. The first kappa shape index (κ1) is 13.7. The van der Waals surface area contributed by atoms with E-state index in [1.165, 1.54) is 10.9 Å². The number of fused-ring (bicyclic) bond motifs is 1. The minimum Gasteiger partial charge on any atom is -0.352 e. The fraction of sp³-hybridized carbons (Fsp3) is 0.438. The number of nitrogens with one attached hydrogen (secondary N) is 1. The van der Waals surface area contributed by atoms with Crippen molar-refractivity contribution >= 4 is 16.8 Å². The maximum Gasteiger partial charge on any atom is 0.240 e. The molecule has 2 rings (SSSR count). The molecule has 3 heteroatoms. The van der Waals surface area contributed by atoms with Crippen LogP contribution >= 0.6 is 0 Å². The van der Waals surface area contributed by atoms with Crippen molar-refractivity contribution in [2.24, 2.45) is 0 Å². The molecule has 0 aliphatic rings. The molecule has 1 heterocycles. The van der Waals surface area contributed by atoms with Crippen LogP contribution in [0.1, 0.15) is 32.3 Å². The third-order valence-electron chi connectivity index (χ3n) is 3.70. The van der Waals surface area contributed by atoms with Crippen molar-refractivity contribution in [1.82, 2.24) is 9.88 Å². The molecule has 0 saturated carbocycles. The topological polar surface area (TPSA) is 34.0 Å². The zero-order valence-corrected chi connectivity index (χ0v) is 11.9. The highest BCUT2D eigenvalue weighted by Crippen LogP contribution is 2.19. The number of amides is 1. The Labute approximate surface area is 114 Å². The van der Waals surface area contributed by atoms with Crippen LogP contribution in [-0.4, -0.2) is 16.5 Å². The predicted octanol–water partition coefficient (Wildman–Crippen LogP) is 3.25. The molecule has 0 unspecified atom stereocenters. The largest absolute Gasteiger partial charge is 0.352 e. The number of carbonyl (C=O) groups excluding carboxylic acids is 1. The Kier molecular flexibility index (Phi) is 4.25. The standard InChI is InChI=1S/C16H22N2O/c1-4-13(5-2)17-16(19)11-18-10-9-14-12(3)7-6-8-15(14)18/h6-10,13H,4-5,11H2,1-3H3,(H,17,19). The Balaban J connectivity index is 2.13. The molecule has 0 aliphatic carbocycles. The van der Waals surface area contributed by atoms with Gasteiger partial charge >= 0.3 is 0 Å². The normalized spacial score (nSPS) is 11.2. The van der Waals surface area contributed by atoms with Crippen LogP contribution in [0.4, 0.5) is 0 Å². The van der Waals surface area contributed by atoms with Crippen molar-refractivity contribution in [1.29, 1.82) is 0 Å². The quantitative estimate of drug-likeness (QED) is 0.877. The molecule has 0 atom stereocenters. The molecule has 1 aromatic carbocycles. The summed E-state index contributed by atoms with van der Waals surface area (Å²) in [6, 6.07) is 8.56. The first-order chi connectivity index (χ1) is 9.15. The van der Waals surface area contributed by atoms with E-state index >= 15 is 0 Å². The highest BCUT2D eigenvalue weighted by Gasteiger charge is 2.10. The van der Waals surface area contributed by atoms with Gasteiger partial charge in [0, 0.05) is 23.1 Å². The number of hydrogen-bond donors (Lipinski definition) is 1. The van der Waals surface area contributed by atoms with Gasteiger partial charge < -0.3 is 9.88 Å². The lowest BCUT2D eigenvalue weighted by Crippen LogP contribution is -2.36. The van der Waals surface area contributed by atoms with Gasteiger partial charge in [-0.3, -0.25) is 4.79 Å². The van der Waals surface area contributed by atoms with Gasteiger partial charge in [-0.2, -0.15) is 0 Å². The zero-order chi connectivity index (χ0) is 13.8. The van der Waals surface area contributed by atoms with E-state index < -0.39 is 0 Å². The third kappa shape index (κ3) is 2.98. The van der Waals surface area contributed by atoms with Crippen LogP contribution in [0.5, 0.6) is 0 Å². The monoisotopic (exact) mass is 258 g/mol. The van der Waals surface area contributed by atoms with Gasteiger partial charge in [0.1, 0.15) is 6.54 Å². The van der Waals surface area contributed by atoms with E-state index in [4.69, 9.17) is 0 Å². The number of aromatic nitrogens is 1. The second-order valence-electron chi connectivity index (χ2n) is 5.03. The Morgan fingerprint density at radius 2 is 2.00 bits per heavy atom. The van der Waals surface area contributed by atoms with Crippen LogP contribution < -0.4 is 5.32 Å². The van der Waals surface area contributed by atoms with Gasteiger partial charge in [-0.05, 0) is 37.5 Å². The summed E-state index contributed by atoms with van der Waals surface area (Å²) in [6.45, 7) is 6.69. The fourth-order valence-corrected chi connectivity index (χ4v) is 2.44. The predicted molar refractivity (Wildman–Crippen MR) is 79.2 cm³/mol. The lowest BCUT2D eigenvalue weighted by atomic mass is 10.1. The first-order valence-corrected chi connectivity index (χ1v) is 6.99. The first-order valence-electron chi connectivity index (χ1n) is 6.99. The van der Waals surface area contributed by atoms with Gasteiger partial charge in [0.2, 0.25) is 5.91 Å². The SMILES string of the molecule is CCC(CC)NC(=O)Cn1ccc2c(C)cccc21. The highest BCUT2D eigenvalue weighted by atomic mass is 16.2. The number of rotatable bonds is 5. The van der Waals surface area contributed by atoms with Crippen LogP contribution in [0.3, 0.4) is 0 Å². The number of nitrogens with zero attached hydrogens (tertiary/aromatic N) is 1. The average molecular weight is 258 g/mol. The summed E-state index contributed by atoms with van der Waals surface area (Å²) >= 11 is 0. The molecular formula is C16H22N2O. The van der Waals surface area contributed by atoms with Crippen molar-refractivity contribution in [3.63, 3.8) is 0 Å². The Morgan fingerprint density at radius 1 is 1.26 bits per heavy atom. The third-order valence-corrected chi connectivity index (χ3v) is 3.70. The van der Waals surface area contributed by atoms with Crippen LogP contribution in [0, 0.1) is 6.92 Å². The second-order valence-corrected chi connectivity index (χ2v) is 5.03. The molecule has 102 valence electrons. The molecule has 0 radical (unpaired) electrons. The Morgan fingerprint density at radius 3 is 2.68 bits per heavy atom. The summed E-state index contributed by atoms with van der Waals surface area (Å²) in [4.78, 5) is 12.0. The van der Waals surface area contributed by atoms with Crippen molar-refractivity contribution in [2.45, 2.75) is 46.2 Å². The number of benzene rings is 1. The minimum atomic E-state index is 0.0905. The average Bonchev–Trinajstić information content (AvgIpc) is 2.81. The van der Waals surface area contributed by atoms with Crippen molar-refractivity contribution < 1.29 is 4.79 Å². The van der Waals surface area contributed by atoms with Crippen LogP contribution in [0.25, 0.3) is 10.9 Å².